The summed E-state index contributed by atoms with van der Waals surface area (Å²) in [6, 6.07) is 20.1. The summed E-state index contributed by atoms with van der Waals surface area (Å²) in [5.41, 5.74) is 4.19. The van der Waals surface area contributed by atoms with Gasteiger partial charge in [0.25, 0.3) is 0 Å². The first-order valence-electron chi connectivity index (χ1n) is 11.3. The van der Waals surface area contributed by atoms with Crippen molar-refractivity contribution >= 4 is 16.9 Å². The van der Waals surface area contributed by atoms with Crippen molar-refractivity contribution in [2.24, 2.45) is 5.92 Å². The standard InChI is InChI=1S/C27H28N4O2/c1-18-14-29-26-25(18)24(12-13-28-26)33-21-10-8-20(9-11-21)22-16-31(2)17-23(22)27(32)30-15-19-6-4-3-5-7-19/h3-14,22-23H,15-17H2,1-2H3,(H,28,29)(H,30,32)/t22-,23+/m1/s1. The van der Waals surface area contributed by atoms with Gasteiger partial charge in [-0.1, -0.05) is 42.5 Å². The normalized spacial score (nSPS) is 18.5. The van der Waals surface area contributed by atoms with E-state index in [0.29, 0.717) is 6.54 Å². The van der Waals surface area contributed by atoms with Gasteiger partial charge in [0, 0.05) is 37.9 Å². The molecule has 2 N–H and O–H groups in total. The number of aromatic amines is 1. The lowest BCUT2D eigenvalue weighted by molar-refractivity contribution is -0.125. The maximum Gasteiger partial charge on any atom is 0.225 e. The van der Waals surface area contributed by atoms with Gasteiger partial charge in [0.05, 0.1) is 11.3 Å². The Morgan fingerprint density at radius 2 is 1.91 bits per heavy atom. The predicted octanol–water partition coefficient (Wildman–Crippen LogP) is 4.63. The van der Waals surface area contributed by atoms with E-state index in [2.05, 4.69) is 39.4 Å². The maximum atomic E-state index is 13.0. The average Bonchev–Trinajstić information content (AvgIpc) is 3.42. The molecule has 3 heterocycles. The zero-order chi connectivity index (χ0) is 22.8. The molecule has 1 aliphatic rings. The predicted molar refractivity (Wildman–Crippen MR) is 129 cm³/mol. The second-order valence-electron chi connectivity index (χ2n) is 8.81. The number of hydrogen-bond donors (Lipinski definition) is 2. The van der Waals surface area contributed by atoms with Crippen LogP contribution in [0.5, 0.6) is 11.5 Å². The van der Waals surface area contributed by atoms with Crippen molar-refractivity contribution in [3.8, 4) is 11.5 Å². The third-order valence-corrected chi connectivity index (χ3v) is 6.42. The van der Waals surface area contributed by atoms with Crippen LogP contribution < -0.4 is 10.1 Å². The third-order valence-electron chi connectivity index (χ3n) is 6.42. The average molecular weight is 441 g/mol. The number of benzene rings is 2. The number of hydrogen-bond acceptors (Lipinski definition) is 4. The van der Waals surface area contributed by atoms with Crippen molar-refractivity contribution in [3.63, 3.8) is 0 Å². The molecule has 1 saturated heterocycles. The second kappa shape index (κ2) is 9.08. The summed E-state index contributed by atoms with van der Waals surface area (Å²) >= 11 is 0. The van der Waals surface area contributed by atoms with E-state index in [-0.39, 0.29) is 17.7 Å². The summed E-state index contributed by atoms with van der Waals surface area (Å²) in [5, 5.41) is 4.12. The SMILES string of the molecule is Cc1c[nH]c2nccc(Oc3ccc([C@H]4CN(C)C[C@@H]4C(=O)NCc4ccccc4)cc3)c12. The molecule has 0 spiro atoms. The van der Waals surface area contributed by atoms with Gasteiger partial charge in [0.2, 0.25) is 5.91 Å². The van der Waals surface area contributed by atoms with Crippen molar-refractivity contribution in [1.29, 1.82) is 0 Å². The molecular weight excluding hydrogens is 412 g/mol. The molecule has 4 aromatic rings. The van der Waals surface area contributed by atoms with Crippen molar-refractivity contribution < 1.29 is 9.53 Å². The van der Waals surface area contributed by atoms with Gasteiger partial charge in [-0.05, 0) is 48.9 Å². The number of carbonyl (C=O) groups excluding carboxylic acids is 1. The van der Waals surface area contributed by atoms with Crippen molar-refractivity contribution in [1.82, 2.24) is 20.2 Å². The van der Waals surface area contributed by atoms with E-state index in [4.69, 9.17) is 4.74 Å². The smallest absolute Gasteiger partial charge is 0.225 e. The summed E-state index contributed by atoms with van der Waals surface area (Å²) in [6.07, 6.45) is 3.68. The molecule has 1 fully saturated rings. The first-order chi connectivity index (χ1) is 16.1. The number of aromatic nitrogens is 2. The Morgan fingerprint density at radius 3 is 2.70 bits per heavy atom. The molecule has 1 aliphatic heterocycles. The quantitative estimate of drug-likeness (QED) is 0.459. The van der Waals surface area contributed by atoms with Gasteiger partial charge in [-0.3, -0.25) is 4.79 Å². The zero-order valence-electron chi connectivity index (χ0n) is 18.9. The van der Waals surface area contributed by atoms with E-state index in [1.807, 2.05) is 61.7 Å². The highest BCUT2D eigenvalue weighted by atomic mass is 16.5. The lowest BCUT2D eigenvalue weighted by atomic mass is 9.88. The Labute approximate surface area is 193 Å². The minimum atomic E-state index is -0.0761. The van der Waals surface area contributed by atoms with Crippen LogP contribution in [0.2, 0.25) is 0 Å². The number of fused-ring (bicyclic) bond motifs is 1. The summed E-state index contributed by atoms with van der Waals surface area (Å²) < 4.78 is 6.18. The fourth-order valence-corrected chi connectivity index (χ4v) is 4.70. The minimum absolute atomic E-state index is 0.0761. The first-order valence-corrected chi connectivity index (χ1v) is 11.3. The van der Waals surface area contributed by atoms with E-state index in [1.54, 1.807) is 6.20 Å². The topological polar surface area (TPSA) is 70.2 Å². The number of H-pyrrole nitrogens is 1. The number of nitrogens with zero attached hydrogens (tertiary/aromatic N) is 2. The molecule has 2 aromatic carbocycles. The Morgan fingerprint density at radius 1 is 1.12 bits per heavy atom. The molecule has 0 bridgehead atoms. The van der Waals surface area contributed by atoms with Gasteiger partial charge in [0.1, 0.15) is 17.1 Å². The third kappa shape index (κ3) is 4.47. The van der Waals surface area contributed by atoms with E-state index >= 15 is 0 Å². The van der Waals surface area contributed by atoms with Crippen LogP contribution in [-0.4, -0.2) is 40.9 Å². The monoisotopic (exact) mass is 440 g/mol. The van der Waals surface area contributed by atoms with Gasteiger partial charge >= 0.3 is 0 Å². The Kier molecular flexibility index (Phi) is 5.84. The lowest BCUT2D eigenvalue weighted by Crippen LogP contribution is -2.34. The largest absolute Gasteiger partial charge is 0.457 e. The Balaban J connectivity index is 1.30. The van der Waals surface area contributed by atoms with Crippen LogP contribution in [-0.2, 0) is 11.3 Å². The van der Waals surface area contributed by atoms with Crippen molar-refractivity contribution in [3.05, 3.63) is 89.7 Å². The van der Waals surface area contributed by atoms with Gasteiger partial charge in [-0.2, -0.15) is 0 Å². The molecule has 0 saturated carbocycles. The molecule has 2 aromatic heterocycles. The maximum absolute atomic E-state index is 13.0. The van der Waals surface area contributed by atoms with Crippen LogP contribution in [0.4, 0.5) is 0 Å². The van der Waals surface area contributed by atoms with E-state index < -0.39 is 0 Å². The molecule has 168 valence electrons. The molecule has 0 radical (unpaired) electrons. The number of pyridine rings is 1. The minimum Gasteiger partial charge on any atom is -0.457 e. The van der Waals surface area contributed by atoms with E-state index in [1.165, 1.54) is 0 Å². The highest BCUT2D eigenvalue weighted by molar-refractivity contribution is 5.86. The Hall–Kier alpha value is -3.64. The number of likely N-dealkylation sites (tertiary alicyclic amines) is 1. The number of ether oxygens (including phenoxy) is 1. The highest BCUT2D eigenvalue weighted by Gasteiger charge is 2.36. The summed E-state index contributed by atoms with van der Waals surface area (Å²) in [5.74, 6) is 1.73. The molecule has 0 unspecified atom stereocenters. The summed E-state index contributed by atoms with van der Waals surface area (Å²) in [6.45, 7) is 4.21. The van der Waals surface area contributed by atoms with Gasteiger partial charge < -0.3 is 19.9 Å². The van der Waals surface area contributed by atoms with Crippen LogP contribution in [0, 0.1) is 12.8 Å². The molecule has 6 nitrogen and oxygen atoms in total. The van der Waals surface area contributed by atoms with Crippen LogP contribution in [0.15, 0.2) is 73.1 Å². The number of nitrogens with one attached hydrogen (secondary N) is 2. The second-order valence-corrected chi connectivity index (χ2v) is 8.81. The number of likely N-dealkylation sites (N-methyl/N-ethyl adjacent to an activating group) is 1. The van der Waals surface area contributed by atoms with Gasteiger partial charge in [-0.15, -0.1) is 0 Å². The van der Waals surface area contributed by atoms with Crippen LogP contribution in [0.25, 0.3) is 11.0 Å². The molecule has 2 atom stereocenters. The van der Waals surface area contributed by atoms with E-state index in [0.717, 1.165) is 52.3 Å². The summed E-state index contributed by atoms with van der Waals surface area (Å²) in [7, 11) is 2.07. The Bertz CT molecular complexity index is 1250. The van der Waals surface area contributed by atoms with E-state index in [9.17, 15) is 4.79 Å². The first kappa shape index (κ1) is 21.2. The van der Waals surface area contributed by atoms with Gasteiger partial charge in [0.15, 0.2) is 0 Å². The van der Waals surface area contributed by atoms with Gasteiger partial charge in [-0.25, -0.2) is 4.98 Å². The van der Waals surface area contributed by atoms with Crippen LogP contribution in [0.3, 0.4) is 0 Å². The van der Waals surface area contributed by atoms with Crippen molar-refractivity contribution in [2.45, 2.75) is 19.4 Å². The van der Waals surface area contributed by atoms with Crippen LogP contribution >= 0.6 is 0 Å². The molecular formula is C27H28N4O2. The fraction of sp³-hybridized carbons (Fsp3) is 0.259. The van der Waals surface area contributed by atoms with Crippen LogP contribution in [0.1, 0.15) is 22.6 Å². The van der Waals surface area contributed by atoms with Crippen molar-refractivity contribution in [2.75, 3.05) is 20.1 Å². The molecule has 6 heteroatoms. The highest BCUT2D eigenvalue weighted by Crippen LogP contribution is 2.35. The summed E-state index contributed by atoms with van der Waals surface area (Å²) in [4.78, 5) is 22.8. The lowest BCUT2D eigenvalue weighted by Gasteiger charge is -2.19. The molecule has 0 aliphatic carbocycles. The molecule has 1 amide bonds. The number of rotatable bonds is 6. The number of carbonyl (C=O) groups is 1. The number of aryl methyl sites for hydroxylation is 1. The molecule has 33 heavy (non-hydrogen) atoms. The number of amides is 1. The zero-order valence-corrected chi connectivity index (χ0v) is 18.9. The fourth-order valence-electron chi connectivity index (χ4n) is 4.70. The molecule has 5 rings (SSSR count).